The summed E-state index contributed by atoms with van der Waals surface area (Å²) in [6.45, 7) is 0. The molecule has 0 aliphatic heterocycles. The Bertz CT molecular complexity index is 739. The van der Waals surface area contributed by atoms with Crippen LogP contribution in [-0.4, -0.2) is 4.98 Å². The zero-order valence-electron chi connectivity index (χ0n) is 9.15. The Kier molecular flexibility index (Phi) is 2.56. The van der Waals surface area contributed by atoms with Crippen LogP contribution in [0.25, 0.3) is 22.6 Å². The Hall–Kier alpha value is -1.88. The van der Waals surface area contributed by atoms with Crippen LogP contribution in [0.15, 0.2) is 45.3 Å². The number of anilines is 1. The first-order valence-corrected chi connectivity index (χ1v) is 6.05. The van der Waals surface area contributed by atoms with E-state index >= 15 is 0 Å². The highest BCUT2D eigenvalue weighted by Gasteiger charge is 2.14. The van der Waals surface area contributed by atoms with Gasteiger partial charge in [0.2, 0.25) is 5.89 Å². The van der Waals surface area contributed by atoms with Crippen molar-refractivity contribution in [3.05, 3.63) is 46.7 Å². The quantitative estimate of drug-likeness (QED) is 0.692. The number of oxazole rings is 1. The Morgan fingerprint density at radius 3 is 2.72 bits per heavy atom. The number of halogens is 2. The number of nitrogens with two attached hydrogens (primary N) is 1. The SMILES string of the molecule is Nc1cccc2oc(-c3cccc(F)c3Br)nc12. The normalized spacial score (nSPS) is 11.0. The maximum atomic E-state index is 13.5. The molecule has 0 aliphatic rings. The summed E-state index contributed by atoms with van der Waals surface area (Å²) in [4.78, 5) is 4.30. The second-order valence-corrected chi connectivity index (χ2v) is 4.61. The molecule has 0 unspecified atom stereocenters. The molecule has 0 amide bonds. The molecule has 5 heteroatoms. The van der Waals surface area contributed by atoms with Crippen LogP contribution in [0.2, 0.25) is 0 Å². The number of benzene rings is 2. The molecule has 0 bridgehead atoms. The zero-order valence-corrected chi connectivity index (χ0v) is 10.7. The van der Waals surface area contributed by atoms with Gasteiger partial charge in [-0.25, -0.2) is 9.37 Å². The smallest absolute Gasteiger partial charge is 0.228 e. The first kappa shape index (κ1) is 11.2. The van der Waals surface area contributed by atoms with Gasteiger partial charge in [-0.1, -0.05) is 12.1 Å². The highest BCUT2D eigenvalue weighted by atomic mass is 79.9. The third-order valence-corrected chi connectivity index (χ3v) is 3.44. The molecule has 18 heavy (non-hydrogen) atoms. The average Bonchev–Trinajstić information content (AvgIpc) is 2.78. The van der Waals surface area contributed by atoms with Gasteiger partial charge >= 0.3 is 0 Å². The molecule has 0 aliphatic carbocycles. The number of hydrogen-bond acceptors (Lipinski definition) is 3. The van der Waals surface area contributed by atoms with Crippen LogP contribution >= 0.6 is 15.9 Å². The van der Waals surface area contributed by atoms with E-state index < -0.39 is 0 Å². The van der Waals surface area contributed by atoms with Crippen molar-refractivity contribution in [1.82, 2.24) is 4.98 Å². The van der Waals surface area contributed by atoms with Gasteiger partial charge in [-0.2, -0.15) is 0 Å². The van der Waals surface area contributed by atoms with Crippen LogP contribution in [0.4, 0.5) is 10.1 Å². The van der Waals surface area contributed by atoms with Crippen LogP contribution in [0.3, 0.4) is 0 Å². The van der Waals surface area contributed by atoms with E-state index in [4.69, 9.17) is 10.2 Å². The van der Waals surface area contributed by atoms with E-state index in [0.717, 1.165) is 0 Å². The summed E-state index contributed by atoms with van der Waals surface area (Å²) in [6.07, 6.45) is 0. The third-order valence-electron chi connectivity index (χ3n) is 2.63. The molecule has 1 heterocycles. The standard InChI is InChI=1S/C13H8BrFN2O/c14-11-7(3-1-4-8(11)15)13-17-12-9(16)5-2-6-10(12)18-13/h1-6H,16H2. The molecule has 1 aromatic heterocycles. The third kappa shape index (κ3) is 1.67. The van der Waals surface area contributed by atoms with Crippen molar-refractivity contribution in [3.63, 3.8) is 0 Å². The van der Waals surface area contributed by atoms with Gasteiger partial charge in [0.25, 0.3) is 0 Å². The van der Waals surface area contributed by atoms with Crippen LogP contribution in [0.1, 0.15) is 0 Å². The molecular formula is C13H8BrFN2O. The molecule has 3 aromatic rings. The first-order valence-electron chi connectivity index (χ1n) is 5.26. The van der Waals surface area contributed by atoms with Crippen LogP contribution in [0, 0.1) is 5.82 Å². The number of rotatable bonds is 1. The van der Waals surface area contributed by atoms with Crippen molar-refractivity contribution in [2.45, 2.75) is 0 Å². The van der Waals surface area contributed by atoms with Crippen molar-refractivity contribution in [2.75, 3.05) is 5.73 Å². The molecule has 0 saturated carbocycles. The number of fused-ring (bicyclic) bond motifs is 1. The minimum absolute atomic E-state index is 0.329. The number of hydrogen-bond donors (Lipinski definition) is 1. The number of nitrogens with zero attached hydrogens (tertiary/aromatic N) is 1. The Morgan fingerprint density at radius 2 is 1.94 bits per heavy atom. The minimum atomic E-state index is -0.359. The molecule has 2 aromatic carbocycles. The van der Waals surface area contributed by atoms with E-state index in [9.17, 15) is 4.39 Å². The monoisotopic (exact) mass is 306 g/mol. The maximum absolute atomic E-state index is 13.5. The van der Waals surface area contributed by atoms with Gasteiger partial charge < -0.3 is 10.2 Å². The molecule has 3 rings (SSSR count). The van der Waals surface area contributed by atoms with Crippen molar-refractivity contribution in [2.24, 2.45) is 0 Å². The second-order valence-electron chi connectivity index (χ2n) is 3.81. The van der Waals surface area contributed by atoms with Crippen molar-refractivity contribution in [3.8, 4) is 11.5 Å². The van der Waals surface area contributed by atoms with Gasteiger partial charge in [0.05, 0.1) is 15.7 Å². The van der Waals surface area contributed by atoms with Crippen LogP contribution < -0.4 is 5.73 Å². The predicted molar refractivity (Wildman–Crippen MR) is 71.5 cm³/mol. The molecule has 0 saturated heterocycles. The highest BCUT2D eigenvalue weighted by molar-refractivity contribution is 9.10. The fourth-order valence-corrected chi connectivity index (χ4v) is 2.19. The van der Waals surface area contributed by atoms with Gasteiger partial charge in [0.15, 0.2) is 5.58 Å². The Balaban J connectivity index is 2.26. The second kappa shape index (κ2) is 4.10. The number of aromatic nitrogens is 1. The summed E-state index contributed by atoms with van der Waals surface area (Å²) < 4.78 is 19.4. The summed E-state index contributed by atoms with van der Waals surface area (Å²) >= 11 is 3.19. The number of nitrogen functional groups attached to an aromatic ring is 1. The molecule has 3 nitrogen and oxygen atoms in total. The van der Waals surface area contributed by atoms with E-state index in [1.54, 1.807) is 30.3 Å². The van der Waals surface area contributed by atoms with Crippen molar-refractivity contribution in [1.29, 1.82) is 0 Å². The molecule has 90 valence electrons. The van der Waals surface area contributed by atoms with Crippen LogP contribution in [0.5, 0.6) is 0 Å². The largest absolute Gasteiger partial charge is 0.436 e. The van der Waals surface area contributed by atoms with Crippen molar-refractivity contribution >= 4 is 32.7 Å². The van der Waals surface area contributed by atoms with E-state index in [1.165, 1.54) is 6.07 Å². The Morgan fingerprint density at radius 1 is 1.17 bits per heavy atom. The average molecular weight is 307 g/mol. The Labute approximate surface area is 111 Å². The molecule has 0 fully saturated rings. The van der Waals surface area contributed by atoms with Gasteiger partial charge in [0.1, 0.15) is 11.3 Å². The summed E-state index contributed by atoms with van der Waals surface area (Å²) in [5.41, 5.74) is 8.08. The highest BCUT2D eigenvalue weighted by Crippen LogP contribution is 2.33. The van der Waals surface area contributed by atoms with Gasteiger partial charge in [-0.3, -0.25) is 0 Å². The molecule has 0 spiro atoms. The summed E-state index contributed by atoms with van der Waals surface area (Å²) in [5.74, 6) is -0.0167. The van der Waals surface area contributed by atoms with E-state index in [1.807, 2.05) is 0 Å². The topological polar surface area (TPSA) is 52.0 Å². The lowest BCUT2D eigenvalue weighted by molar-refractivity contribution is 0.607. The van der Waals surface area contributed by atoms with Gasteiger partial charge in [-0.15, -0.1) is 0 Å². The fraction of sp³-hybridized carbons (Fsp3) is 0. The van der Waals surface area contributed by atoms with E-state index in [-0.39, 0.29) is 5.82 Å². The summed E-state index contributed by atoms with van der Waals surface area (Å²) in [5, 5.41) is 0. The predicted octanol–water partition coefficient (Wildman–Crippen LogP) is 3.98. The van der Waals surface area contributed by atoms with Gasteiger partial charge in [-0.05, 0) is 40.2 Å². The minimum Gasteiger partial charge on any atom is -0.436 e. The lowest BCUT2D eigenvalue weighted by Gasteiger charge is -1.99. The van der Waals surface area contributed by atoms with E-state index in [2.05, 4.69) is 20.9 Å². The maximum Gasteiger partial charge on any atom is 0.228 e. The molecular weight excluding hydrogens is 299 g/mol. The lowest BCUT2D eigenvalue weighted by atomic mass is 10.2. The molecule has 0 radical (unpaired) electrons. The van der Waals surface area contributed by atoms with Crippen LogP contribution in [-0.2, 0) is 0 Å². The summed E-state index contributed by atoms with van der Waals surface area (Å²) in [6, 6.07) is 10.0. The van der Waals surface area contributed by atoms with Crippen molar-refractivity contribution < 1.29 is 8.81 Å². The zero-order chi connectivity index (χ0) is 12.7. The summed E-state index contributed by atoms with van der Waals surface area (Å²) in [7, 11) is 0. The first-order chi connectivity index (χ1) is 8.66. The number of para-hydroxylation sites is 1. The van der Waals surface area contributed by atoms with E-state index in [0.29, 0.717) is 32.7 Å². The van der Waals surface area contributed by atoms with Gasteiger partial charge in [0, 0.05) is 0 Å². The molecule has 2 N–H and O–H groups in total. The fourth-order valence-electron chi connectivity index (χ4n) is 1.75. The lowest BCUT2D eigenvalue weighted by Crippen LogP contribution is -1.86. The molecule has 0 atom stereocenters.